The van der Waals surface area contributed by atoms with Gasteiger partial charge in [-0.1, -0.05) is 23.9 Å². The Labute approximate surface area is 157 Å². The minimum Gasteiger partial charge on any atom is -0.463 e. The predicted octanol–water partition coefficient (Wildman–Crippen LogP) is 3.80. The number of hydrogen-bond acceptors (Lipinski definition) is 6. The van der Waals surface area contributed by atoms with Crippen molar-refractivity contribution < 1.29 is 18.7 Å². The number of carbonyl (C=O) groups is 2. The van der Waals surface area contributed by atoms with Crippen molar-refractivity contribution in [1.29, 1.82) is 0 Å². The van der Waals surface area contributed by atoms with Gasteiger partial charge in [0.1, 0.15) is 17.6 Å². The highest BCUT2D eigenvalue weighted by Gasteiger charge is 2.21. The van der Waals surface area contributed by atoms with E-state index in [1.165, 1.54) is 37.1 Å². The van der Waals surface area contributed by atoms with Crippen LogP contribution in [-0.2, 0) is 9.59 Å². The first-order valence-corrected chi connectivity index (χ1v) is 8.87. The van der Waals surface area contributed by atoms with Crippen LogP contribution in [0.4, 0.5) is 5.69 Å². The Morgan fingerprint density at radius 1 is 1.19 bits per heavy atom. The van der Waals surface area contributed by atoms with Gasteiger partial charge >= 0.3 is 5.97 Å². The lowest BCUT2D eigenvalue weighted by atomic mass is 10.1. The molecule has 0 radical (unpaired) electrons. The SMILES string of the molecule is CC(=O)Oc1ccc2occ(C=C3Sc4ccccc4NC3=O)c(=O)c2c1. The first-order valence-electron chi connectivity index (χ1n) is 8.05. The molecule has 2 aromatic carbocycles. The Morgan fingerprint density at radius 3 is 2.81 bits per heavy atom. The molecule has 0 atom stereocenters. The molecule has 0 saturated heterocycles. The van der Waals surface area contributed by atoms with Crippen molar-refractivity contribution >= 4 is 46.4 Å². The number of fused-ring (bicyclic) bond motifs is 2. The fraction of sp³-hybridized carbons (Fsp3) is 0.0500. The number of esters is 1. The topological polar surface area (TPSA) is 85.6 Å². The molecular weight excluding hydrogens is 366 g/mol. The number of ether oxygens (including phenoxy) is 1. The van der Waals surface area contributed by atoms with Crippen LogP contribution in [0.1, 0.15) is 12.5 Å². The summed E-state index contributed by atoms with van der Waals surface area (Å²) in [5.41, 5.74) is 1.02. The van der Waals surface area contributed by atoms with Gasteiger partial charge < -0.3 is 14.5 Å². The number of benzene rings is 2. The summed E-state index contributed by atoms with van der Waals surface area (Å²) in [7, 11) is 0. The van der Waals surface area contributed by atoms with Gasteiger partial charge in [0.05, 0.1) is 21.5 Å². The van der Waals surface area contributed by atoms with Gasteiger partial charge in [0.25, 0.3) is 5.91 Å². The van der Waals surface area contributed by atoms with E-state index in [9.17, 15) is 14.4 Å². The average molecular weight is 379 g/mol. The Bertz CT molecular complexity index is 1180. The number of anilines is 1. The second-order valence-electron chi connectivity index (χ2n) is 5.83. The highest BCUT2D eigenvalue weighted by atomic mass is 32.2. The van der Waals surface area contributed by atoms with E-state index in [0.717, 1.165) is 10.6 Å². The van der Waals surface area contributed by atoms with Crippen LogP contribution >= 0.6 is 11.8 Å². The highest BCUT2D eigenvalue weighted by Crippen LogP contribution is 2.38. The third-order valence-electron chi connectivity index (χ3n) is 3.90. The fourth-order valence-electron chi connectivity index (χ4n) is 2.70. The summed E-state index contributed by atoms with van der Waals surface area (Å²) < 4.78 is 10.5. The first-order chi connectivity index (χ1) is 13.0. The van der Waals surface area contributed by atoms with Gasteiger partial charge in [0, 0.05) is 11.8 Å². The summed E-state index contributed by atoms with van der Waals surface area (Å²) in [6, 6.07) is 12.0. The van der Waals surface area contributed by atoms with Gasteiger partial charge in [-0.2, -0.15) is 0 Å². The van der Waals surface area contributed by atoms with E-state index in [1.54, 1.807) is 12.1 Å². The molecule has 0 saturated carbocycles. The van der Waals surface area contributed by atoms with Crippen LogP contribution in [0.3, 0.4) is 0 Å². The second-order valence-corrected chi connectivity index (χ2v) is 6.92. The standard InChI is InChI=1S/C20H13NO5S/c1-11(22)26-13-6-7-16-14(9-13)19(23)12(10-25-16)8-18-20(24)21-15-4-2-3-5-17(15)27-18/h2-10H,1H3,(H,21,24). The summed E-state index contributed by atoms with van der Waals surface area (Å²) in [6.45, 7) is 1.28. The van der Waals surface area contributed by atoms with Crippen LogP contribution in [0.25, 0.3) is 17.0 Å². The maximum Gasteiger partial charge on any atom is 0.308 e. The lowest BCUT2D eigenvalue weighted by Gasteiger charge is -2.18. The van der Waals surface area contributed by atoms with Gasteiger partial charge in [-0.05, 0) is 36.4 Å². The maximum atomic E-state index is 12.8. The average Bonchev–Trinajstić information content (AvgIpc) is 2.64. The molecule has 0 fully saturated rings. The van der Waals surface area contributed by atoms with Crippen molar-refractivity contribution in [2.45, 2.75) is 11.8 Å². The molecule has 7 heteroatoms. The van der Waals surface area contributed by atoms with E-state index in [0.29, 0.717) is 10.5 Å². The van der Waals surface area contributed by atoms with E-state index in [4.69, 9.17) is 9.15 Å². The van der Waals surface area contributed by atoms with Crippen molar-refractivity contribution in [1.82, 2.24) is 0 Å². The van der Waals surface area contributed by atoms with Gasteiger partial charge in [0.2, 0.25) is 0 Å². The first kappa shape index (κ1) is 17.1. The molecule has 1 amide bonds. The van der Waals surface area contributed by atoms with Crippen molar-refractivity contribution in [3.63, 3.8) is 0 Å². The van der Waals surface area contributed by atoms with Crippen molar-refractivity contribution in [3.05, 3.63) is 69.4 Å². The molecule has 0 bridgehead atoms. The number of nitrogens with one attached hydrogen (secondary N) is 1. The Morgan fingerprint density at radius 2 is 2.00 bits per heavy atom. The number of amides is 1. The summed E-state index contributed by atoms with van der Waals surface area (Å²) >= 11 is 1.28. The molecule has 0 aliphatic carbocycles. The molecule has 0 unspecified atom stereocenters. The molecule has 27 heavy (non-hydrogen) atoms. The maximum absolute atomic E-state index is 12.8. The molecule has 1 aromatic heterocycles. The molecule has 6 nitrogen and oxygen atoms in total. The smallest absolute Gasteiger partial charge is 0.308 e. The second kappa shape index (κ2) is 6.77. The minimum atomic E-state index is -0.481. The van der Waals surface area contributed by atoms with Gasteiger partial charge in [0.15, 0.2) is 5.43 Å². The highest BCUT2D eigenvalue weighted by molar-refractivity contribution is 8.04. The van der Waals surface area contributed by atoms with Gasteiger partial charge in [-0.15, -0.1) is 0 Å². The molecule has 1 N–H and O–H groups in total. The van der Waals surface area contributed by atoms with E-state index < -0.39 is 5.97 Å². The van der Waals surface area contributed by atoms with Gasteiger partial charge in [-0.3, -0.25) is 14.4 Å². The molecule has 4 rings (SSSR count). The van der Waals surface area contributed by atoms with Crippen LogP contribution < -0.4 is 15.5 Å². The van der Waals surface area contributed by atoms with Crippen LogP contribution in [0.5, 0.6) is 5.75 Å². The number of carbonyl (C=O) groups excluding carboxylic acids is 2. The number of hydrogen-bond donors (Lipinski definition) is 1. The van der Waals surface area contributed by atoms with Gasteiger partial charge in [-0.25, -0.2) is 0 Å². The number of rotatable bonds is 2. The van der Waals surface area contributed by atoms with E-state index in [1.807, 2.05) is 24.3 Å². The zero-order valence-corrected chi connectivity index (χ0v) is 15.0. The molecular formula is C20H13NO5S. The largest absolute Gasteiger partial charge is 0.463 e. The molecule has 134 valence electrons. The molecule has 1 aliphatic rings. The van der Waals surface area contributed by atoms with Crippen LogP contribution in [0.2, 0.25) is 0 Å². The van der Waals surface area contributed by atoms with E-state index in [-0.39, 0.29) is 28.0 Å². The Balaban J connectivity index is 1.77. The summed E-state index contributed by atoms with van der Waals surface area (Å²) in [4.78, 5) is 37.5. The Hall–Kier alpha value is -3.32. The lowest BCUT2D eigenvalue weighted by molar-refractivity contribution is -0.131. The van der Waals surface area contributed by atoms with Crippen LogP contribution in [-0.4, -0.2) is 11.9 Å². The molecule has 1 aliphatic heterocycles. The van der Waals surface area contributed by atoms with E-state index in [2.05, 4.69) is 5.32 Å². The zero-order chi connectivity index (χ0) is 19.0. The zero-order valence-electron chi connectivity index (χ0n) is 14.1. The molecule has 2 heterocycles. The monoisotopic (exact) mass is 379 g/mol. The van der Waals surface area contributed by atoms with Crippen LogP contribution in [0.15, 0.2) is 67.7 Å². The van der Waals surface area contributed by atoms with Crippen LogP contribution in [0, 0.1) is 0 Å². The third-order valence-corrected chi connectivity index (χ3v) is 5.00. The summed E-state index contributed by atoms with van der Waals surface area (Å²) in [5.74, 6) is -0.511. The fourth-order valence-corrected chi connectivity index (χ4v) is 3.64. The predicted molar refractivity (Wildman–Crippen MR) is 103 cm³/mol. The lowest BCUT2D eigenvalue weighted by Crippen LogP contribution is -2.17. The normalized spacial score (nSPS) is 14.7. The summed E-state index contributed by atoms with van der Waals surface area (Å²) in [5, 5.41) is 3.07. The quantitative estimate of drug-likeness (QED) is 0.414. The number of para-hydroxylation sites is 1. The summed E-state index contributed by atoms with van der Waals surface area (Å²) in [6.07, 6.45) is 2.82. The van der Waals surface area contributed by atoms with E-state index >= 15 is 0 Å². The van der Waals surface area contributed by atoms with Crippen molar-refractivity contribution in [3.8, 4) is 5.75 Å². The Kier molecular flexibility index (Phi) is 4.29. The molecule has 0 spiro atoms. The molecule has 3 aromatic rings. The minimum absolute atomic E-state index is 0.236. The van der Waals surface area contributed by atoms with Crippen molar-refractivity contribution in [2.75, 3.05) is 5.32 Å². The third kappa shape index (κ3) is 3.37. The number of thioether (sulfide) groups is 1. The van der Waals surface area contributed by atoms with Crippen molar-refractivity contribution in [2.24, 2.45) is 0 Å².